The van der Waals surface area contributed by atoms with E-state index in [-0.39, 0.29) is 16.8 Å². The highest BCUT2D eigenvalue weighted by Crippen LogP contribution is 2.31. The maximum absolute atomic E-state index is 13.0. The maximum Gasteiger partial charge on any atom is 0.416 e. The first-order valence-corrected chi connectivity index (χ1v) is 9.51. The molecule has 0 aliphatic rings. The zero-order valence-corrected chi connectivity index (χ0v) is 16.5. The number of amides is 1. The van der Waals surface area contributed by atoms with Crippen LogP contribution in [0.15, 0.2) is 83.8 Å². The SMILES string of the molecule is O=C(Nc1cccc(C(F)(F)F)c1)c1cn(-c2ccc(Cl)cc2)c(=O)c2ccccc12. The van der Waals surface area contributed by atoms with Gasteiger partial charge in [0, 0.05) is 33.4 Å². The van der Waals surface area contributed by atoms with E-state index in [4.69, 9.17) is 11.6 Å². The molecule has 0 saturated carbocycles. The third kappa shape index (κ3) is 4.18. The summed E-state index contributed by atoms with van der Waals surface area (Å²) in [6.07, 6.45) is -3.16. The molecule has 31 heavy (non-hydrogen) atoms. The molecule has 0 unspecified atom stereocenters. The molecule has 1 N–H and O–H groups in total. The number of pyridine rings is 1. The minimum absolute atomic E-state index is 0.00634. The number of anilines is 1. The van der Waals surface area contributed by atoms with Crippen LogP contribution in [0, 0.1) is 0 Å². The lowest BCUT2D eigenvalue weighted by Gasteiger charge is -2.14. The quantitative estimate of drug-likeness (QED) is 0.428. The van der Waals surface area contributed by atoms with Crippen LogP contribution in [0.1, 0.15) is 15.9 Å². The van der Waals surface area contributed by atoms with Gasteiger partial charge in [0.25, 0.3) is 11.5 Å². The number of carbonyl (C=O) groups excluding carboxylic acids is 1. The summed E-state index contributed by atoms with van der Waals surface area (Å²) >= 11 is 5.92. The molecular weight excluding hydrogens is 429 g/mol. The van der Waals surface area contributed by atoms with Crippen LogP contribution < -0.4 is 10.9 Å². The number of fused-ring (bicyclic) bond motifs is 1. The first-order chi connectivity index (χ1) is 14.7. The molecule has 4 nitrogen and oxygen atoms in total. The molecule has 1 heterocycles. The van der Waals surface area contributed by atoms with E-state index in [1.807, 2.05) is 0 Å². The van der Waals surface area contributed by atoms with Gasteiger partial charge in [-0.05, 0) is 48.5 Å². The van der Waals surface area contributed by atoms with E-state index in [1.165, 1.54) is 22.9 Å². The average Bonchev–Trinajstić information content (AvgIpc) is 2.74. The van der Waals surface area contributed by atoms with E-state index in [2.05, 4.69) is 5.32 Å². The van der Waals surface area contributed by atoms with E-state index >= 15 is 0 Å². The summed E-state index contributed by atoms with van der Waals surface area (Å²) in [7, 11) is 0. The van der Waals surface area contributed by atoms with E-state index in [1.54, 1.807) is 48.5 Å². The van der Waals surface area contributed by atoms with E-state index < -0.39 is 17.6 Å². The predicted octanol–water partition coefficient (Wildman–Crippen LogP) is 5.92. The lowest BCUT2D eigenvalue weighted by molar-refractivity contribution is -0.137. The summed E-state index contributed by atoms with van der Waals surface area (Å²) in [5.74, 6) is -0.641. The van der Waals surface area contributed by atoms with Crippen LogP contribution in [-0.4, -0.2) is 10.5 Å². The van der Waals surface area contributed by atoms with Crippen molar-refractivity contribution in [2.24, 2.45) is 0 Å². The van der Waals surface area contributed by atoms with Gasteiger partial charge in [0.2, 0.25) is 0 Å². The zero-order valence-electron chi connectivity index (χ0n) is 15.8. The van der Waals surface area contributed by atoms with E-state index in [9.17, 15) is 22.8 Å². The van der Waals surface area contributed by atoms with Gasteiger partial charge < -0.3 is 5.32 Å². The number of alkyl halides is 3. The van der Waals surface area contributed by atoms with Crippen molar-refractivity contribution in [1.82, 2.24) is 4.57 Å². The first-order valence-electron chi connectivity index (χ1n) is 9.13. The molecule has 0 spiro atoms. The number of halogens is 4. The molecule has 0 saturated heterocycles. The van der Waals surface area contributed by atoms with Crippen LogP contribution in [0.4, 0.5) is 18.9 Å². The maximum atomic E-state index is 13.0. The summed E-state index contributed by atoms with van der Waals surface area (Å²) in [5.41, 5.74) is -0.584. The molecule has 0 bridgehead atoms. The number of aromatic nitrogens is 1. The summed E-state index contributed by atoms with van der Waals surface area (Å²) < 4.78 is 40.3. The van der Waals surface area contributed by atoms with Gasteiger partial charge in [-0.1, -0.05) is 35.9 Å². The minimum Gasteiger partial charge on any atom is -0.322 e. The molecule has 3 aromatic carbocycles. The standard InChI is InChI=1S/C23H14ClF3N2O2/c24-15-8-10-17(11-9-15)29-13-20(18-6-1-2-7-19(18)22(29)31)21(30)28-16-5-3-4-14(12-16)23(25,26)27/h1-13H,(H,28,30). The van der Waals surface area contributed by atoms with Gasteiger partial charge in [0.05, 0.1) is 11.1 Å². The highest BCUT2D eigenvalue weighted by Gasteiger charge is 2.30. The second-order valence-electron chi connectivity index (χ2n) is 6.77. The van der Waals surface area contributed by atoms with Gasteiger partial charge >= 0.3 is 6.18 Å². The lowest BCUT2D eigenvalue weighted by Crippen LogP contribution is -2.22. The number of hydrogen-bond donors (Lipinski definition) is 1. The summed E-state index contributed by atoms with van der Waals surface area (Å²) in [4.78, 5) is 26.0. The Labute approximate surface area is 179 Å². The van der Waals surface area contributed by atoms with Gasteiger partial charge in [0.1, 0.15) is 0 Å². The third-order valence-electron chi connectivity index (χ3n) is 4.72. The topological polar surface area (TPSA) is 51.1 Å². The van der Waals surface area contributed by atoms with Gasteiger partial charge in [-0.2, -0.15) is 13.2 Å². The van der Waals surface area contributed by atoms with Gasteiger partial charge in [-0.3, -0.25) is 14.2 Å². The fraction of sp³-hybridized carbons (Fsp3) is 0.0435. The van der Waals surface area contributed by atoms with Gasteiger partial charge in [0.15, 0.2) is 0 Å². The molecule has 1 aromatic heterocycles. The summed E-state index contributed by atoms with van der Waals surface area (Å²) in [6, 6.07) is 17.4. The van der Waals surface area contributed by atoms with E-state index in [0.717, 1.165) is 12.1 Å². The molecule has 4 rings (SSSR count). The van der Waals surface area contributed by atoms with Crippen molar-refractivity contribution in [2.45, 2.75) is 6.18 Å². The lowest BCUT2D eigenvalue weighted by atomic mass is 10.1. The number of nitrogens with zero attached hydrogens (tertiary/aromatic N) is 1. The van der Waals surface area contributed by atoms with Crippen LogP contribution >= 0.6 is 11.6 Å². The molecular formula is C23H14ClF3N2O2. The molecule has 156 valence electrons. The Morgan fingerprint density at radius 2 is 1.58 bits per heavy atom. The van der Waals surface area contributed by atoms with Crippen LogP contribution in [0.2, 0.25) is 5.02 Å². The van der Waals surface area contributed by atoms with Crippen LogP contribution in [0.3, 0.4) is 0 Å². The van der Waals surface area contributed by atoms with E-state index in [0.29, 0.717) is 21.5 Å². The monoisotopic (exact) mass is 442 g/mol. The minimum atomic E-state index is -4.53. The number of rotatable bonds is 3. The molecule has 0 fully saturated rings. The van der Waals surface area contributed by atoms with Crippen molar-refractivity contribution in [2.75, 3.05) is 5.32 Å². The molecule has 0 aliphatic heterocycles. The van der Waals surface area contributed by atoms with Gasteiger partial charge in [-0.15, -0.1) is 0 Å². The number of benzene rings is 3. The number of nitrogens with one attached hydrogen (secondary N) is 1. The molecule has 8 heteroatoms. The Balaban J connectivity index is 1.82. The van der Waals surface area contributed by atoms with Crippen molar-refractivity contribution in [1.29, 1.82) is 0 Å². The second-order valence-corrected chi connectivity index (χ2v) is 7.21. The Morgan fingerprint density at radius 3 is 2.26 bits per heavy atom. The third-order valence-corrected chi connectivity index (χ3v) is 4.97. The summed E-state index contributed by atoms with van der Waals surface area (Å²) in [5, 5.41) is 3.67. The Morgan fingerprint density at radius 1 is 0.903 bits per heavy atom. The van der Waals surface area contributed by atoms with Crippen LogP contribution in [-0.2, 0) is 6.18 Å². The van der Waals surface area contributed by atoms with Crippen molar-refractivity contribution in [3.8, 4) is 5.69 Å². The summed E-state index contributed by atoms with van der Waals surface area (Å²) in [6.45, 7) is 0. The van der Waals surface area contributed by atoms with Crippen molar-refractivity contribution in [3.05, 3.63) is 105 Å². The molecule has 0 aliphatic carbocycles. The highest BCUT2D eigenvalue weighted by molar-refractivity contribution is 6.30. The fourth-order valence-electron chi connectivity index (χ4n) is 3.24. The van der Waals surface area contributed by atoms with Crippen molar-refractivity contribution < 1.29 is 18.0 Å². The zero-order chi connectivity index (χ0) is 22.2. The predicted molar refractivity (Wildman–Crippen MR) is 114 cm³/mol. The largest absolute Gasteiger partial charge is 0.416 e. The Hall–Kier alpha value is -3.58. The van der Waals surface area contributed by atoms with Crippen LogP contribution in [0.25, 0.3) is 16.5 Å². The first kappa shape index (κ1) is 20.7. The highest BCUT2D eigenvalue weighted by atomic mass is 35.5. The molecule has 0 atom stereocenters. The van der Waals surface area contributed by atoms with Crippen LogP contribution in [0.5, 0.6) is 0 Å². The average molecular weight is 443 g/mol. The Kier molecular flexibility index (Phi) is 5.29. The molecule has 4 aromatic rings. The number of hydrogen-bond acceptors (Lipinski definition) is 2. The van der Waals surface area contributed by atoms with Crippen molar-refractivity contribution in [3.63, 3.8) is 0 Å². The number of carbonyl (C=O) groups is 1. The van der Waals surface area contributed by atoms with Gasteiger partial charge in [-0.25, -0.2) is 0 Å². The Bertz CT molecular complexity index is 1350. The smallest absolute Gasteiger partial charge is 0.322 e. The fourth-order valence-corrected chi connectivity index (χ4v) is 3.36. The molecule has 0 radical (unpaired) electrons. The molecule has 1 amide bonds. The van der Waals surface area contributed by atoms with Crippen molar-refractivity contribution >= 4 is 34.0 Å². The second kappa shape index (κ2) is 7.92. The normalized spacial score (nSPS) is 11.5.